The van der Waals surface area contributed by atoms with E-state index in [0.717, 1.165) is 54.0 Å². The van der Waals surface area contributed by atoms with E-state index in [1.54, 1.807) is 19.2 Å². The molecular formula is C25H33FN6O2. The normalized spacial score (nSPS) is 29.1. The topological polar surface area (TPSA) is 105 Å². The molecule has 1 aromatic heterocycles. The standard InChI is InChI=1S/C25H33FN6O2/c1-3-14-10-16(33)4-5-17(14)18-6-7-19-23(22(18)26)30-31-24(19)25-28-11-20(29-25)15-8-9-32(12-15)13-21(34)27-2/h4-5,8,10-11,18-19,22-24,30-31,33H,3,6-7,9,12-13H2,1-2H3,(H,27,34)(H,28,29). The zero-order valence-corrected chi connectivity index (χ0v) is 19.6. The Kier molecular flexibility index (Phi) is 6.42. The predicted molar refractivity (Wildman–Crippen MR) is 128 cm³/mol. The second-order valence-corrected chi connectivity index (χ2v) is 9.58. The maximum Gasteiger partial charge on any atom is 0.233 e. The first-order valence-corrected chi connectivity index (χ1v) is 12.1. The molecule has 3 aliphatic rings. The molecule has 5 N–H and O–H groups in total. The highest BCUT2D eigenvalue weighted by Gasteiger charge is 2.48. The third-order valence-electron chi connectivity index (χ3n) is 7.61. The van der Waals surface area contributed by atoms with E-state index in [-0.39, 0.29) is 35.6 Å². The number of nitrogens with one attached hydrogen (secondary N) is 4. The van der Waals surface area contributed by atoms with Gasteiger partial charge < -0.3 is 15.4 Å². The van der Waals surface area contributed by atoms with Crippen molar-refractivity contribution in [1.29, 1.82) is 0 Å². The van der Waals surface area contributed by atoms with Gasteiger partial charge in [0.05, 0.1) is 30.5 Å². The first kappa shape index (κ1) is 23.0. The molecule has 0 spiro atoms. The van der Waals surface area contributed by atoms with E-state index in [4.69, 9.17) is 0 Å². The van der Waals surface area contributed by atoms with Crippen LogP contribution in [-0.4, -0.2) is 64.8 Å². The number of imidazole rings is 1. The van der Waals surface area contributed by atoms with E-state index in [9.17, 15) is 9.90 Å². The Morgan fingerprint density at radius 2 is 2.18 bits per heavy atom. The fraction of sp³-hybridized carbons (Fsp3) is 0.520. The minimum atomic E-state index is -1.03. The number of rotatable bonds is 6. The molecule has 5 unspecified atom stereocenters. The summed E-state index contributed by atoms with van der Waals surface area (Å²) in [5.41, 5.74) is 10.6. The van der Waals surface area contributed by atoms with Crippen LogP contribution in [0.1, 0.15) is 54.4 Å². The second kappa shape index (κ2) is 9.48. The highest BCUT2D eigenvalue weighted by atomic mass is 19.1. The molecule has 1 aliphatic carbocycles. The Labute approximate surface area is 199 Å². The lowest BCUT2D eigenvalue weighted by atomic mass is 9.71. The van der Waals surface area contributed by atoms with Crippen molar-refractivity contribution in [3.8, 4) is 5.75 Å². The number of benzene rings is 1. The number of likely N-dealkylation sites (N-methyl/N-ethyl adjacent to an activating group) is 1. The van der Waals surface area contributed by atoms with Crippen LogP contribution in [0.4, 0.5) is 4.39 Å². The summed E-state index contributed by atoms with van der Waals surface area (Å²) in [6.45, 7) is 3.83. The van der Waals surface area contributed by atoms with Crippen molar-refractivity contribution in [2.45, 2.75) is 50.4 Å². The van der Waals surface area contributed by atoms with Crippen molar-refractivity contribution in [2.75, 3.05) is 26.7 Å². The van der Waals surface area contributed by atoms with Gasteiger partial charge in [-0.2, -0.15) is 0 Å². The fourth-order valence-electron chi connectivity index (χ4n) is 5.77. The molecule has 2 aliphatic heterocycles. The molecule has 2 aromatic rings. The van der Waals surface area contributed by atoms with Crippen molar-refractivity contribution < 1.29 is 14.3 Å². The number of aromatic amines is 1. The molecule has 182 valence electrons. The van der Waals surface area contributed by atoms with Crippen LogP contribution >= 0.6 is 0 Å². The molecule has 2 fully saturated rings. The van der Waals surface area contributed by atoms with E-state index < -0.39 is 6.17 Å². The SMILES string of the molecule is CCc1cc(O)ccc1C1CCC2C(c3ncc(C4=CCN(CC(=O)NC)C4)[nH]3)NNC2C1F. The summed E-state index contributed by atoms with van der Waals surface area (Å²) in [5.74, 6) is 0.946. The van der Waals surface area contributed by atoms with E-state index in [1.807, 2.05) is 19.2 Å². The Morgan fingerprint density at radius 3 is 2.97 bits per heavy atom. The molecule has 3 heterocycles. The number of phenols is 1. The van der Waals surface area contributed by atoms with Crippen molar-refractivity contribution in [1.82, 2.24) is 31.0 Å². The van der Waals surface area contributed by atoms with Gasteiger partial charge in [-0.1, -0.05) is 19.1 Å². The molecule has 9 heteroatoms. The molecular weight excluding hydrogens is 435 g/mol. The van der Waals surface area contributed by atoms with Crippen molar-refractivity contribution >= 4 is 11.5 Å². The largest absolute Gasteiger partial charge is 0.508 e. The minimum absolute atomic E-state index is 0.00182. The predicted octanol–water partition coefficient (Wildman–Crippen LogP) is 2.17. The summed E-state index contributed by atoms with van der Waals surface area (Å²) < 4.78 is 15.8. The van der Waals surface area contributed by atoms with Gasteiger partial charge in [0.15, 0.2) is 0 Å². The highest BCUT2D eigenvalue weighted by molar-refractivity contribution is 5.78. The lowest BCUT2D eigenvalue weighted by Gasteiger charge is -2.36. The van der Waals surface area contributed by atoms with Gasteiger partial charge in [-0.05, 0) is 48.1 Å². The van der Waals surface area contributed by atoms with Crippen LogP contribution in [0.2, 0.25) is 0 Å². The Hall–Kier alpha value is -2.75. The first-order chi connectivity index (χ1) is 16.5. The van der Waals surface area contributed by atoms with Crippen LogP contribution in [0, 0.1) is 5.92 Å². The number of H-pyrrole nitrogens is 1. The lowest BCUT2D eigenvalue weighted by molar-refractivity contribution is -0.121. The third-order valence-corrected chi connectivity index (χ3v) is 7.61. The van der Waals surface area contributed by atoms with Crippen LogP contribution in [0.5, 0.6) is 5.75 Å². The van der Waals surface area contributed by atoms with Crippen molar-refractivity contribution in [2.24, 2.45) is 5.92 Å². The smallest absolute Gasteiger partial charge is 0.233 e. The molecule has 34 heavy (non-hydrogen) atoms. The van der Waals surface area contributed by atoms with Crippen LogP contribution < -0.4 is 16.2 Å². The molecule has 1 aromatic carbocycles. The number of hydrazine groups is 1. The van der Waals surface area contributed by atoms with E-state index in [2.05, 4.69) is 37.1 Å². The zero-order chi connectivity index (χ0) is 23.8. The first-order valence-electron chi connectivity index (χ1n) is 12.1. The minimum Gasteiger partial charge on any atom is -0.508 e. The molecule has 8 nitrogen and oxygen atoms in total. The third kappa shape index (κ3) is 4.23. The van der Waals surface area contributed by atoms with E-state index in [0.29, 0.717) is 13.1 Å². The molecule has 5 atom stereocenters. The van der Waals surface area contributed by atoms with Gasteiger partial charge >= 0.3 is 0 Å². The molecule has 5 rings (SSSR count). The zero-order valence-electron chi connectivity index (χ0n) is 19.6. The number of aromatic nitrogens is 2. The van der Waals surface area contributed by atoms with Gasteiger partial charge in [-0.15, -0.1) is 0 Å². The van der Waals surface area contributed by atoms with Gasteiger partial charge in [0.1, 0.15) is 17.7 Å². The molecule has 0 bridgehead atoms. The van der Waals surface area contributed by atoms with E-state index in [1.165, 1.54) is 0 Å². The summed E-state index contributed by atoms with van der Waals surface area (Å²) in [5, 5.41) is 12.5. The van der Waals surface area contributed by atoms with E-state index >= 15 is 4.39 Å². The number of nitrogens with zero attached hydrogens (tertiary/aromatic N) is 2. The van der Waals surface area contributed by atoms with Crippen LogP contribution in [-0.2, 0) is 11.2 Å². The highest BCUT2D eigenvalue weighted by Crippen LogP contribution is 2.45. The number of hydrogen-bond acceptors (Lipinski definition) is 6. The van der Waals surface area contributed by atoms with Gasteiger partial charge in [0.25, 0.3) is 0 Å². The van der Waals surface area contributed by atoms with Crippen LogP contribution in [0.25, 0.3) is 5.57 Å². The number of phenolic OH excluding ortho intramolecular Hbond substituents is 1. The average molecular weight is 469 g/mol. The number of carbonyl (C=O) groups excluding carboxylic acids is 1. The number of alkyl halides is 1. The monoisotopic (exact) mass is 468 g/mol. The Bertz CT molecular complexity index is 1090. The van der Waals surface area contributed by atoms with Crippen LogP contribution in [0.3, 0.4) is 0 Å². The van der Waals surface area contributed by atoms with Crippen LogP contribution in [0.15, 0.2) is 30.5 Å². The molecule has 1 saturated heterocycles. The number of carbonyl (C=O) groups is 1. The van der Waals surface area contributed by atoms with Gasteiger partial charge in [-0.3, -0.25) is 15.1 Å². The number of amides is 1. The summed E-state index contributed by atoms with van der Waals surface area (Å²) in [6.07, 6.45) is 5.32. The van der Waals surface area contributed by atoms with Gasteiger partial charge in [0, 0.05) is 32.0 Å². The number of aryl methyl sites for hydroxylation is 1. The Balaban J connectivity index is 1.27. The van der Waals surface area contributed by atoms with Gasteiger partial charge in [-0.25, -0.2) is 14.8 Å². The lowest BCUT2D eigenvalue weighted by Crippen LogP contribution is -2.45. The summed E-state index contributed by atoms with van der Waals surface area (Å²) in [4.78, 5) is 21.8. The molecule has 1 amide bonds. The quantitative estimate of drug-likeness (QED) is 0.445. The summed E-state index contributed by atoms with van der Waals surface area (Å²) in [7, 11) is 1.65. The number of aromatic hydroxyl groups is 1. The molecule has 0 radical (unpaired) electrons. The maximum absolute atomic E-state index is 15.8. The second-order valence-electron chi connectivity index (χ2n) is 9.58. The summed E-state index contributed by atoms with van der Waals surface area (Å²) >= 11 is 0. The molecule has 1 saturated carbocycles. The van der Waals surface area contributed by atoms with Gasteiger partial charge in [0.2, 0.25) is 5.91 Å². The summed E-state index contributed by atoms with van der Waals surface area (Å²) in [6, 6.07) is 4.91. The number of halogens is 1. The fourth-order valence-corrected chi connectivity index (χ4v) is 5.77. The maximum atomic E-state index is 15.8. The number of fused-ring (bicyclic) bond motifs is 1. The average Bonchev–Trinajstić information content (AvgIpc) is 3.58. The Morgan fingerprint density at radius 1 is 1.32 bits per heavy atom. The number of hydrogen-bond donors (Lipinski definition) is 5. The van der Waals surface area contributed by atoms with Crippen molar-refractivity contribution in [3.63, 3.8) is 0 Å². The van der Waals surface area contributed by atoms with Crippen molar-refractivity contribution in [3.05, 3.63) is 53.1 Å².